The van der Waals surface area contributed by atoms with Crippen LogP contribution in [0.1, 0.15) is 26.2 Å². The number of unbranched alkanes of at least 4 members (excludes halogenated alkanes) is 1. The minimum absolute atomic E-state index is 0.269. The van der Waals surface area contributed by atoms with Crippen molar-refractivity contribution in [3.05, 3.63) is 36.4 Å². The van der Waals surface area contributed by atoms with Crippen molar-refractivity contribution in [2.45, 2.75) is 26.2 Å². The second-order valence-electron chi connectivity index (χ2n) is 6.48. The van der Waals surface area contributed by atoms with Gasteiger partial charge >= 0.3 is 0 Å². The summed E-state index contributed by atoms with van der Waals surface area (Å²) in [6, 6.07) is 11.8. The molecule has 0 aliphatic carbocycles. The Kier molecular flexibility index (Phi) is 6.04. The van der Waals surface area contributed by atoms with Gasteiger partial charge in [0.25, 0.3) is 0 Å². The van der Waals surface area contributed by atoms with Crippen molar-refractivity contribution in [3.8, 4) is 17.0 Å². The minimum Gasteiger partial charge on any atom is -0.497 e. The molecule has 6 heteroatoms. The number of ether oxygens (including phenoxy) is 1. The molecule has 26 heavy (non-hydrogen) atoms. The Morgan fingerprint density at radius 2 is 1.92 bits per heavy atom. The minimum atomic E-state index is 0.269. The Morgan fingerprint density at radius 3 is 2.58 bits per heavy atom. The first-order valence-electron chi connectivity index (χ1n) is 9.22. The van der Waals surface area contributed by atoms with Crippen molar-refractivity contribution in [1.82, 2.24) is 15.1 Å². The summed E-state index contributed by atoms with van der Waals surface area (Å²) in [6.07, 6.45) is 2.68. The lowest BCUT2D eigenvalue weighted by molar-refractivity contribution is -0.131. The number of methoxy groups -OCH3 is 1. The molecule has 2 heterocycles. The Bertz CT molecular complexity index is 725. The van der Waals surface area contributed by atoms with Crippen LogP contribution < -0.4 is 9.64 Å². The highest BCUT2D eigenvalue weighted by Gasteiger charge is 2.21. The van der Waals surface area contributed by atoms with Gasteiger partial charge in [-0.1, -0.05) is 25.5 Å². The topological polar surface area (TPSA) is 58.6 Å². The maximum absolute atomic E-state index is 12.1. The van der Waals surface area contributed by atoms with Crippen LogP contribution in [0, 0.1) is 0 Å². The van der Waals surface area contributed by atoms with E-state index in [0.717, 1.165) is 61.8 Å². The standard InChI is InChI=1S/C20H26N4O2/c1-3-4-8-20(25)24-13-11-23(12-14-24)19-10-9-18(21-22-19)16-6-5-7-17(15-16)26-2/h5-7,9-10,15H,3-4,8,11-14H2,1-2H3. The quantitative estimate of drug-likeness (QED) is 0.798. The Hall–Kier alpha value is -2.63. The molecule has 138 valence electrons. The van der Waals surface area contributed by atoms with Crippen molar-refractivity contribution in [3.63, 3.8) is 0 Å². The normalized spacial score (nSPS) is 14.4. The lowest BCUT2D eigenvalue weighted by Crippen LogP contribution is -2.49. The predicted molar refractivity (Wildman–Crippen MR) is 102 cm³/mol. The van der Waals surface area contributed by atoms with Crippen LogP contribution in [-0.4, -0.2) is 54.3 Å². The summed E-state index contributed by atoms with van der Waals surface area (Å²) in [5.74, 6) is 1.93. The lowest BCUT2D eigenvalue weighted by atomic mass is 10.1. The molecular weight excluding hydrogens is 328 g/mol. The molecule has 6 nitrogen and oxygen atoms in total. The highest BCUT2D eigenvalue weighted by Crippen LogP contribution is 2.23. The first-order chi connectivity index (χ1) is 12.7. The van der Waals surface area contributed by atoms with E-state index in [1.807, 2.05) is 41.3 Å². The van der Waals surface area contributed by atoms with Crippen LogP contribution >= 0.6 is 0 Å². The van der Waals surface area contributed by atoms with E-state index >= 15 is 0 Å². The van der Waals surface area contributed by atoms with Gasteiger partial charge in [0, 0.05) is 38.2 Å². The summed E-state index contributed by atoms with van der Waals surface area (Å²) in [7, 11) is 1.65. The molecule has 1 amide bonds. The number of hydrogen-bond donors (Lipinski definition) is 0. The maximum atomic E-state index is 12.1. The highest BCUT2D eigenvalue weighted by atomic mass is 16.5. The van der Waals surface area contributed by atoms with Crippen LogP contribution in [0.4, 0.5) is 5.82 Å². The second-order valence-corrected chi connectivity index (χ2v) is 6.48. The van der Waals surface area contributed by atoms with E-state index in [9.17, 15) is 4.79 Å². The van der Waals surface area contributed by atoms with Crippen molar-refractivity contribution in [2.24, 2.45) is 0 Å². The summed E-state index contributed by atoms with van der Waals surface area (Å²) in [5, 5.41) is 8.75. The van der Waals surface area contributed by atoms with Gasteiger partial charge in [0.2, 0.25) is 5.91 Å². The third-order valence-electron chi connectivity index (χ3n) is 4.72. The van der Waals surface area contributed by atoms with Gasteiger partial charge < -0.3 is 14.5 Å². The molecule has 1 saturated heterocycles. The Morgan fingerprint density at radius 1 is 1.12 bits per heavy atom. The smallest absolute Gasteiger partial charge is 0.222 e. The number of aromatic nitrogens is 2. The summed E-state index contributed by atoms with van der Waals surface area (Å²) in [5.41, 5.74) is 1.80. The largest absolute Gasteiger partial charge is 0.497 e. The van der Waals surface area contributed by atoms with Crippen molar-refractivity contribution in [1.29, 1.82) is 0 Å². The van der Waals surface area contributed by atoms with E-state index in [1.54, 1.807) is 7.11 Å². The number of benzene rings is 1. The van der Waals surface area contributed by atoms with Gasteiger partial charge in [-0.25, -0.2) is 0 Å². The summed E-state index contributed by atoms with van der Waals surface area (Å²) >= 11 is 0. The van der Waals surface area contributed by atoms with E-state index in [4.69, 9.17) is 4.74 Å². The molecule has 0 spiro atoms. The molecule has 0 atom stereocenters. The van der Waals surface area contributed by atoms with Crippen LogP contribution in [0.5, 0.6) is 5.75 Å². The van der Waals surface area contributed by atoms with Crippen molar-refractivity contribution in [2.75, 3.05) is 38.2 Å². The maximum Gasteiger partial charge on any atom is 0.222 e. The Balaban J connectivity index is 1.60. The fourth-order valence-corrected chi connectivity index (χ4v) is 3.10. The first-order valence-corrected chi connectivity index (χ1v) is 9.22. The zero-order valence-corrected chi connectivity index (χ0v) is 15.5. The van der Waals surface area contributed by atoms with Crippen LogP contribution in [0.15, 0.2) is 36.4 Å². The van der Waals surface area contributed by atoms with Crippen LogP contribution in [0.2, 0.25) is 0 Å². The number of carbonyl (C=O) groups is 1. The molecule has 0 saturated carbocycles. The molecule has 2 aromatic rings. The lowest BCUT2D eigenvalue weighted by Gasteiger charge is -2.35. The highest BCUT2D eigenvalue weighted by molar-refractivity contribution is 5.76. The monoisotopic (exact) mass is 354 g/mol. The number of anilines is 1. The van der Waals surface area contributed by atoms with E-state index in [0.29, 0.717) is 6.42 Å². The van der Waals surface area contributed by atoms with E-state index in [1.165, 1.54) is 0 Å². The number of hydrogen-bond acceptors (Lipinski definition) is 5. The number of amides is 1. The SMILES string of the molecule is CCCCC(=O)N1CCN(c2ccc(-c3cccc(OC)c3)nn2)CC1. The fraction of sp³-hybridized carbons (Fsp3) is 0.450. The van der Waals surface area contributed by atoms with Gasteiger partial charge in [-0.3, -0.25) is 4.79 Å². The zero-order valence-electron chi connectivity index (χ0n) is 15.5. The fourth-order valence-electron chi connectivity index (χ4n) is 3.10. The third-order valence-corrected chi connectivity index (χ3v) is 4.72. The average molecular weight is 354 g/mol. The molecule has 0 bridgehead atoms. The summed E-state index contributed by atoms with van der Waals surface area (Å²) in [6.45, 7) is 5.21. The van der Waals surface area contributed by atoms with E-state index in [-0.39, 0.29) is 5.91 Å². The molecule has 0 N–H and O–H groups in total. The van der Waals surface area contributed by atoms with Gasteiger partial charge in [0.15, 0.2) is 5.82 Å². The molecular formula is C20H26N4O2. The number of rotatable bonds is 6. The van der Waals surface area contributed by atoms with Gasteiger partial charge in [0.05, 0.1) is 12.8 Å². The number of carbonyl (C=O) groups excluding carboxylic acids is 1. The van der Waals surface area contributed by atoms with Gasteiger partial charge in [-0.15, -0.1) is 10.2 Å². The van der Waals surface area contributed by atoms with Crippen molar-refractivity contribution >= 4 is 11.7 Å². The molecule has 1 aromatic heterocycles. The van der Waals surface area contributed by atoms with Gasteiger partial charge in [-0.2, -0.15) is 0 Å². The number of nitrogens with zero attached hydrogens (tertiary/aromatic N) is 4. The first kappa shape index (κ1) is 18.2. The zero-order chi connectivity index (χ0) is 18.4. The second kappa shape index (κ2) is 8.65. The summed E-state index contributed by atoms with van der Waals surface area (Å²) in [4.78, 5) is 16.3. The number of piperazine rings is 1. The van der Waals surface area contributed by atoms with E-state index in [2.05, 4.69) is 22.0 Å². The van der Waals surface area contributed by atoms with Crippen LogP contribution in [-0.2, 0) is 4.79 Å². The van der Waals surface area contributed by atoms with E-state index < -0.39 is 0 Å². The molecule has 0 unspecified atom stereocenters. The molecule has 1 aromatic carbocycles. The molecule has 0 radical (unpaired) electrons. The molecule has 1 aliphatic heterocycles. The molecule has 1 fully saturated rings. The summed E-state index contributed by atoms with van der Waals surface area (Å²) < 4.78 is 5.26. The molecule has 3 rings (SSSR count). The average Bonchev–Trinajstić information content (AvgIpc) is 2.72. The van der Waals surface area contributed by atoms with Crippen molar-refractivity contribution < 1.29 is 9.53 Å². The Labute approximate surface area is 154 Å². The molecule has 1 aliphatic rings. The van der Waals surface area contributed by atoms with Gasteiger partial charge in [-0.05, 0) is 30.7 Å². The predicted octanol–water partition coefficient (Wildman–Crippen LogP) is 2.99. The van der Waals surface area contributed by atoms with Crippen LogP contribution in [0.25, 0.3) is 11.3 Å². The third kappa shape index (κ3) is 4.31. The van der Waals surface area contributed by atoms with Gasteiger partial charge in [0.1, 0.15) is 5.75 Å². The van der Waals surface area contributed by atoms with Crippen LogP contribution in [0.3, 0.4) is 0 Å².